The Kier molecular flexibility index (Phi) is 5.60. The fourth-order valence-electron chi connectivity index (χ4n) is 2.71. The first kappa shape index (κ1) is 19.8. The normalized spacial score (nSPS) is 10.7. The lowest BCUT2D eigenvalue weighted by Crippen LogP contribution is -2.15. The van der Waals surface area contributed by atoms with Crippen LogP contribution >= 0.6 is 22.9 Å². The number of hydrogen-bond acceptors (Lipinski definition) is 6. The molecule has 2 heterocycles. The minimum atomic E-state index is -0.592. The van der Waals surface area contributed by atoms with E-state index in [-0.39, 0.29) is 23.6 Å². The van der Waals surface area contributed by atoms with E-state index in [1.807, 2.05) is 0 Å². The molecule has 0 aliphatic heterocycles. The number of rotatable bonds is 5. The zero-order valence-corrected chi connectivity index (χ0v) is 16.9. The molecule has 150 valence electrons. The first-order valence-corrected chi connectivity index (χ1v) is 10.1. The Bertz CT molecular complexity index is 1300. The molecule has 7 nitrogen and oxygen atoms in total. The summed E-state index contributed by atoms with van der Waals surface area (Å²) in [5.74, 6) is -0.920. The molecule has 1 amide bonds. The number of anilines is 1. The topological polar surface area (TPSA) is 89.8 Å². The van der Waals surface area contributed by atoms with Gasteiger partial charge in [0, 0.05) is 33.9 Å². The highest BCUT2D eigenvalue weighted by Gasteiger charge is 2.12. The standard InChI is InChI=1S/C21H14ClN3O4S/c22-15-6-4-13(5-7-15)19(27)23-16-3-1-2-14(10-16)20(28)29-12-17-11-18(26)25-8-9-30-21(25)24-17/h1-11H,12H2,(H,23,27). The number of carbonyl (C=O) groups is 2. The molecule has 30 heavy (non-hydrogen) atoms. The molecule has 0 unspecified atom stereocenters. The van der Waals surface area contributed by atoms with Gasteiger partial charge in [0.05, 0.1) is 11.3 Å². The molecule has 0 atom stereocenters. The second-order valence-electron chi connectivity index (χ2n) is 6.26. The molecule has 0 bridgehead atoms. The second-order valence-corrected chi connectivity index (χ2v) is 7.57. The van der Waals surface area contributed by atoms with Gasteiger partial charge in [-0.25, -0.2) is 9.78 Å². The van der Waals surface area contributed by atoms with E-state index in [0.29, 0.717) is 26.9 Å². The van der Waals surface area contributed by atoms with Gasteiger partial charge in [0.1, 0.15) is 6.61 Å². The molecule has 0 saturated heterocycles. The summed E-state index contributed by atoms with van der Waals surface area (Å²) in [6.45, 7) is -0.135. The van der Waals surface area contributed by atoms with E-state index in [1.165, 1.54) is 27.9 Å². The van der Waals surface area contributed by atoms with E-state index in [4.69, 9.17) is 16.3 Å². The highest BCUT2D eigenvalue weighted by atomic mass is 35.5. The summed E-state index contributed by atoms with van der Waals surface area (Å²) in [4.78, 5) is 41.6. The fraction of sp³-hybridized carbons (Fsp3) is 0.0476. The zero-order valence-electron chi connectivity index (χ0n) is 15.4. The molecular weight excluding hydrogens is 426 g/mol. The van der Waals surface area contributed by atoms with E-state index in [2.05, 4.69) is 10.3 Å². The average molecular weight is 440 g/mol. The summed E-state index contributed by atoms with van der Waals surface area (Å²) >= 11 is 7.15. The Morgan fingerprint density at radius 1 is 1.10 bits per heavy atom. The molecular formula is C21H14ClN3O4S. The molecule has 0 spiro atoms. The van der Waals surface area contributed by atoms with Gasteiger partial charge in [-0.3, -0.25) is 14.0 Å². The van der Waals surface area contributed by atoms with Crippen molar-refractivity contribution in [2.75, 3.05) is 5.32 Å². The van der Waals surface area contributed by atoms with Gasteiger partial charge in [-0.1, -0.05) is 17.7 Å². The van der Waals surface area contributed by atoms with E-state index < -0.39 is 5.97 Å². The maximum Gasteiger partial charge on any atom is 0.338 e. The molecule has 0 aliphatic carbocycles. The van der Waals surface area contributed by atoms with Crippen molar-refractivity contribution >= 4 is 45.5 Å². The maximum atomic E-state index is 12.4. The number of esters is 1. The van der Waals surface area contributed by atoms with Crippen molar-refractivity contribution < 1.29 is 14.3 Å². The summed E-state index contributed by atoms with van der Waals surface area (Å²) in [5, 5.41) is 5.01. The summed E-state index contributed by atoms with van der Waals surface area (Å²) < 4.78 is 6.70. The summed E-state index contributed by atoms with van der Waals surface area (Å²) in [5.41, 5.74) is 1.27. The zero-order chi connectivity index (χ0) is 21.1. The number of aromatic nitrogens is 2. The van der Waals surface area contributed by atoms with Gasteiger partial charge in [-0.15, -0.1) is 11.3 Å². The summed E-state index contributed by atoms with van der Waals surface area (Å²) in [6, 6.07) is 14.2. The van der Waals surface area contributed by atoms with Crippen molar-refractivity contribution in [2.45, 2.75) is 6.61 Å². The van der Waals surface area contributed by atoms with Crippen LogP contribution in [0.3, 0.4) is 0 Å². The van der Waals surface area contributed by atoms with Crippen LogP contribution in [0.5, 0.6) is 0 Å². The van der Waals surface area contributed by atoms with Crippen LogP contribution in [-0.4, -0.2) is 21.3 Å². The van der Waals surface area contributed by atoms with Crippen molar-refractivity contribution in [1.82, 2.24) is 9.38 Å². The van der Waals surface area contributed by atoms with Gasteiger partial charge in [0.25, 0.3) is 11.5 Å². The number of thiazole rings is 1. The SMILES string of the molecule is O=C(Nc1cccc(C(=O)OCc2cc(=O)n3ccsc3n2)c1)c1ccc(Cl)cc1. The number of halogens is 1. The number of amides is 1. The predicted molar refractivity (Wildman–Crippen MR) is 114 cm³/mol. The highest BCUT2D eigenvalue weighted by Crippen LogP contribution is 2.16. The fourth-order valence-corrected chi connectivity index (χ4v) is 3.58. The van der Waals surface area contributed by atoms with Gasteiger partial charge < -0.3 is 10.1 Å². The number of carbonyl (C=O) groups excluding carboxylic acids is 2. The quantitative estimate of drug-likeness (QED) is 0.474. The van der Waals surface area contributed by atoms with E-state index in [1.54, 1.807) is 54.0 Å². The van der Waals surface area contributed by atoms with Crippen LogP contribution in [0, 0.1) is 0 Å². The average Bonchev–Trinajstić information content (AvgIpc) is 3.22. The lowest BCUT2D eigenvalue weighted by molar-refractivity contribution is 0.0467. The van der Waals surface area contributed by atoms with Crippen LogP contribution in [0.15, 0.2) is 71.0 Å². The number of hydrogen-bond donors (Lipinski definition) is 1. The number of benzene rings is 2. The Labute approximate surface area is 179 Å². The van der Waals surface area contributed by atoms with Crippen molar-refractivity contribution in [3.8, 4) is 0 Å². The number of ether oxygens (including phenoxy) is 1. The monoisotopic (exact) mass is 439 g/mol. The van der Waals surface area contributed by atoms with Crippen molar-refractivity contribution in [1.29, 1.82) is 0 Å². The van der Waals surface area contributed by atoms with Crippen LogP contribution in [0.2, 0.25) is 5.02 Å². The first-order chi connectivity index (χ1) is 14.5. The van der Waals surface area contributed by atoms with Crippen molar-refractivity contribution in [3.63, 3.8) is 0 Å². The third kappa shape index (κ3) is 4.40. The third-order valence-corrected chi connectivity index (χ3v) is 5.18. The van der Waals surface area contributed by atoms with E-state index in [0.717, 1.165) is 0 Å². The number of fused-ring (bicyclic) bond motifs is 1. The number of nitrogens with one attached hydrogen (secondary N) is 1. The van der Waals surface area contributed by atoms with E-state index >= 15 is 0 Å². The smallest absolute Gasteiger partial charge is 0.338 e. The molecule has 2 aromatic heterocycles. The Morgan fingerprint density at radius 3 is 2.70 bits per heavy atom. The van der Waals surface area contributed by atoms with Gasteiger partial charge in [-0.05, 0) is 42.5 Å². The first-order valence-electron chi connectivity index (χ1n) is 8.79. The Hall–Kier alpha value is -3.49. The molecule has 0 saturated carbocycles. The van der Waals surface area contributed by atoms with Gasteiger partial charge >= 0.3 is 5.97 Å². The summed E-state index contributed by atoms with van der Waals surface area (Å²) in [7, 11) is 0. The molecule has 0 fully saturated rings. The predicted octanol–water partition coefficient (Wildman–Crippen LogP) is 4.02. The van der Waals surface area contributed by atoms with Gasteiger partial charge in [0.2, 0.25) is 0 Å². The second kappa shape index (κ2) is 8.48. The van der Waals surface area contributed by atoms with Crippen LogP contribution < -0.4 is 10.9 Å². The molecule has 4 aromatic rings. The Balaban J connectivity index is 1.43. The minimum absolute atomic E-state index is 0.135. The van der Waals surface area contributed by atoms with E-state index in [9.17, 15) is 14.4 Å². The lowest BCUT2D eigenvalue weighted by atomic mass is 10.1. The highest BCUT2D eigenvalue weighted by molar-refractivity contribution is 7.15. The van der Waals surface area contributed by atoms with Crippen molar-refractivity contribution in [2.24, 2.45) is 0 Å². The maximum absolute atomic E-state index is 12.4. The van der Waals surface area contributed by atoms with Crippen LogP contribution in [0.4, 0.5) is 5.69 Å². The van der Waals surface area contributed by atoms with Crippen LogP contribution in [0.25, 0.3) is 4.96 Å². The molecule has 9 heteroatoms. The Morgan fingerprint density at radius 2 is 1.90 bits per heavy atom. The summed E-state index contributed by atoms with van der Waals surface area (Å²) in [6.07, 6.45) is 1.63. The van der Waals surface area contributed by atoms with Crippen LogP contribution in [-0.2, 0) is 11.3 Å². The molecule has 0 aliphatic rings. The van der Waals surface area contributed by atoms with Crippen molar-refractivity contribution in [3.05, 3.63) is 98.4 Å². The molecule has 2 aromatic carbocycles. The van der Waals surface area contributed by atoms with Crippen LogP contribution in [0.1, 0.15) is 26.4 Å². The molecule has 1 N–H and O–H groups in total. The largest absolute Gasteiger partial charge is 0.456 e. The minimum Gasteiger partial charge on any atom is -0.456 e. The van der Waals surface area contributed by atoms with Gasteiger partial charge in [-0.2, -0.15) is 0 Å². The molecule has 0 radical (unpaired) electrons. The number of nitrogens with zero attached hydrogens (tertiary/aromatic N) is 2. The van der Waals surface area contributed by atoms with Gasteiger partial charge in [0.15, 0.2) is 4.96 Å². The third-order valence-electron chi connectivity index (χ3n) is 4.17. The molecule has 4 rings (SSSR count). The lowest BCUT2D eigenvalue weighted by Gasteiger charge is -2.08.